The number of benzene rings is 1. The Morgan fingerprint density at radius 3 is 2.94 bits per heavy atom. The molecule has 1 heterocycles. The van der Waals surface area contributed by atoms with Crippen LogP contribution < -0.4 is 20.7 Å². The molecular formula is C12H16N2O4. The lowest BCUT2D eigenvalue weighted by molar-refractivity contribution is -0.136. The number of carbonyl (C=O) groups excluding carboxylic acids is 1. The second kappa shape index (κ2) is 4.83. The van der Waals surface area contributed by atoms with E-state index >= 15 is 0 Å². The predicted octanol–water partition coefficient (Wildman–Crippen LogP) is 0.353. The summed E-state index contributed by atoms with van der Waals surface area (Å²) in [5.74, 6) is 1.01. The molecule has 0 fully saturated rings. The molecule has 6 nitrogen and oxygen atoms in total. The van der Waals surface area contributed by atoms with Crippen molar-refractivity contribution in [3.8, 4) is 11.5 Å². The summed E-state index contributed by atoms with van der Waals surface area (Å²) < 4.78 is 10.5. The number of nitrogens with two attached hydrogens (primary N) is 1. The zero-order valence-electron chi connectivity index (χ0n) is 10.4. The van der Waals surface area contributed by atoms with Gasteiger partial charge in [-0.3, -0.25) is 9.63 Å². The molecule has 2 rings (SSSR count). The van der Waals surface area contributed by atoms with Gasteiger partial charge in [-0.2, -0.15) is 0 Å². The van der Waals surface area contributed by atoms with Crippen LogP contribution in [0.15, 0.2) is 18.2 Å². The van der Waals surface area contributed by atoms with Crippen LogP contribution in [0.25, 0.3) is 0 Å². The summed E-state index contributed by atoms with van der Waals surface area (Å²) >= 11 is 0. The number of hydrogen-bond donors (Lipinski definition) is 2. The Morgan fingerprint density at radius 1 is 1.50 bits per heavy atom. The number of amides is 1. The largest absolute Gasteiger partial charge is 0.454 e. The van der Waals surface area contributed by atoms with E-state index in [9.17, 15) is 4.79 Å². The van der Waals surface area contributed by atoms with E-state index in [1.165, 1.54) is 7.11 Å². The van der Waals surface area contributed by atoms with Crippen LogP contribution in [0.3, 0.4) is 0 Å². The molecule has 0 aliphatic carbocycles. The van der Waals surface area contributed by atoms with Gasteiger partial charge < -0.3 is 15.2 Å². The summed E-state index contributed by atoms with van der Waals surface area (Å²) in [5, 5.41) is 0. The first-order chi connectivity index (χ1) is 8.53. The van der Waals surface area contributed by atoms with E-state index in [1.54, 1.807) is 6.92 Å². The highest BCUT2D eigenvalue weighted by molar-refractivity contribution is 5.85. The Kier molecular flexibility index (Phi) is 3.40. The van der Waals surface area contributed by atoms with Crippen molar-refractivity contribution in [2.24, 2.45) is 5.73 Å². The van der Waals surface area contributed by atoms with Crippen LogP contribution in [0.1, 0.15) is 12.5 Å². The first-order valence-electron chi connectivity index (χ1n) is 5.54. The quantitative estimate of drug-likeness (QED) is 0.756. The number of rotatable bonds is 4. The second-order valence-corrected chi connectivity index (χ2v) is 4.42. The number of ether oxygens (including phenoxy) is 2. The summed E-state index contributed by atoms with van der Waals surface area (Å²) in [7, 11) is 1.37. The molecule has 0 aromatic heterocycles. The van der Waals surface area contributed by atoms with Crippen molar-refractivity contribution < 1.29 is 19.1 Å². The number of hydrogen-bond acceptors (Lipinski definition) is 5. The Morgan fingerprint density at radius 2 is 2.22 bits per heavy atom. The van der Waals surface area contributed by atoms with Gasteiger partial charge >= 0.3 is 0 Å². The summed E-state index contributed by atoms with van der Waals surface area (Å²) in [4.78, 5) is 16.3. The summed E-state index contributed by atoms with van der Waals surface area (Å²) in [5.41, 5.74) is 8.04. The smallest absolute Gasteiger partial charge is 0.263 e. The standard InChI is InChI=1S/C12H16N2O4/c1-12(13,11(15)14-16-2)6-8-3-4-9-10(5-8)18-7-17-9/h3-5H,6-7,13H2,1-2H3,(H,14,15)/t12-/m0/s1. The summed E-state index contributed by atoms with van der Waals surface area (Å²) in [6.07, 6.45) is 0.374. The van der Waals surface area contributed by atoms with Crippen LogP contribution in [0.2, 0.25) is 0 Å². The van der Waals surface area contributed by atoms with Crippen molar-refractivity contribution >= 4 is 5.91 Å². The maximum absolute atomic E-state index is 11.7. The van der Waals surface area contributed by atoms with E-state index < -0.39 is 5.54 Å². The maximum Gasteiger partial charge on any atom is 0.263 e. The molecule has 1 atom stereocenters. The normalized spacial score (nSPS) is 16.2. The van der Waals surface area contributed by atoms with Gasteiger partial charge in [-0.25, -0.2) is 5.48 Å². The van der Waals surface area contributed by atoms with Gasteiger partial charge in [0.15, 0.2) is 11.5 Å². The van der Waals surface area contributed by atoms with Crippen molar-refractivity contribution in [2.75, 3.05) is 13.9 Å². The van der Waals surface area contributed by atoms with Gasteiger partial charge in [0.05, 0.1) is 12.6 Å². The number of fused-ring (bicyclic) bond motifs is 1. The molecule has 6 heteroatoms. The van der Waals surface area contributed by atoms with Crippen LogP contribution in [0.5, 0.6) is 11.5 Å². The lowest BCUT2D eigenvalue weighted by Gasteiger charge is -2.22. The molecule has 0 radical (unpaired) electrons. The SMILES string of the molecule is CONC(=O)[C@@](C)(N)Cc1ccc2c(c1)OCO2. The molecule has 0 saturated heterocycles. The van der Waals surface area contributed by atoms with E-state index in [0.717, 1.165) is 5.56 Å². The average molecular weight is 252 g/mol. The third kappa shape index (κ3) is 2.55. The van der Waals surface area contributed by atoms with Gasteiger partial charge in [-0.1, -0.05) is 6.07 Å². The first kappa shape index (κ1) is 12.7. The van der Waals surface area contributed by atoms with E-state index in [-0.39, 0.29) is 12.7 Å². The molecule has 1 aromatic carbocycles. The molecular weight excluding hydrogens is 236 g/mol. The molecule has 1 aliphatic rings. The minimum absolute atomic E-state index is 0.225. The lowest BCUT2D eigenvalue weighted by atomic mass is 9.93. The number of carbonyl (C=O) groups is 1. The number of hydroxylamine groups is 1. The Hall–Kier alpha value is -1.79. The third-order valence-electron chi connectivity index (χ3n) is 2.72. The third-order valence-corrected chi connectivity index (χ3v) is 2.72. The maximum atomic E-state index is 11.7. The van der Waals surface area contributed by atoms with Crippen LogP contribution in [-0.4, -0.2) is 25.3 Å². The molecule has 98 valence electrons. The van der Waals surface area contributed by atoms with E-state index in [0.29, 0.717) is 17.9 Å². The Balaban J connectivity index is 2.11. The Labute approximate surface area is 105 Å². The summed E-state index contributed by atoms with van der Waals surface area (Å²) in [6.45, 7) is 1.87. The lowest BCUT2D eigenvalue weighted by Crippen LogP contribution is -2.52. The van der Waals surface area contributed by atoms with Crippen molar-refractivity contribution in [1.82, 2.24) is 5.48 Å². The Bertz CT molecular complexity index is 459. The highest BCUT2D eigenvalue weighted by atomic mass is 16.7. The van der Waals surface area contributed by atoms with E-state index in [1.807, 2.05) is 18.2 Å². The van der Waals surface area contributed by atoms with Crippen LogP contribution in [0, 0.1) is 0 Å². The van der Waals surface area contributed by atoms with Crippen molar-refractivity contribution in [3.05, 3.63) is 23.8 Å². The van der Waals surface area contributed by atoms with Crippen molar-refractivity contribution in [1.29, 1.82) is 0 Å². The van der Waals surface area contributed by atoms with Crippen LogP contribution >= 0.6 is 0 Å². The van der Waals surface area contributed by atoms with Gasteiger partial charge in [0, 0.05) is 0 Å². The molecule has 3 N–H and O–H groups in total. The number of nitrogens with one attached hydrogen (secondary N) is 1. The van der Waals surface area contributed by atoms with E-state index in [2.05, 4.69) is 10.3 Å². The van der Waals surface area contributed by atoms with Gasteiger partial charge in [-0.15, -0.1) is 0 Å². The fourth-order valence-electron chi connectivity index (χ4n) is 1.76. The first-order valence-corrected chi connectivity index (χ1v) is 5.54. The topological polar surface area (TPSA) is 82.8 Å². The fraction of sp³-hybridized carbons (Fsp3) is 0.417. The zero-order chi connectivity index (χ0) is 13.2. The molecule has 0 spiro atoms. The summed E-state index contributed by atoms with van der Waals surface area (Å²) in [6, 6.07) is 5.49. The van der Waals surface area contributed by atoms with Crippen molar-refractivity contribution in [3.63, 3.8) is 0 Å². The average Bonchev–Trinajstić information content (AvgIpc) is 2.76. The molecule has 1 aliphatic heterocycles. The van der Waals surface area contributed by atoms with Gasteiger partial charge in [0.25, 0.3) is 5.91 Å². The molecule has 0 bridgehead atoms. The minimum atomic E-state index is -1.05. The monoisotopic (exact) mass is 252 g/mol. The highest BCUT2D eigenvalue weighted by Crippen LogP contribution is 2.33. The predicted molar refractivity (Wildman–Crippen MR) is 64.0 cm³/mol. The van der Waals surface area contributed by atoms with Crippen LogP contribution in [-0.2, 0) is 16.1 Å². The molecule has 1 aromatic rings. The molecule has 0 saturated carbocycles. The molecule has 18 heavy (non-hydrogen) atoms. The highest BCUT2D eigenvalue weighted by Gasteiger charge is 2.29. The second-order valence-electron chi connectivity index (χ2n) is 4.42. The fourth-order valence-corrected chi connectivity index (χ4v) is 1.76. The van der Waals surface area contributed by atoms with Gasteiger partial charge in [-0.05, 0) is 31.0 Å². The van der Waals surface area contributed by atoms with Gasteiger partial charge in [0.2, 0.25) is 6.79 Å². The van der Waals surface area contributed by atoms with Gasteiger partial charge in [0.1, 0.15) is 0 Å². The van der Waals surface area contributed by atoms with Crippen LogP contribution in [0.4, 0.5) is 0 Å². The molecule has 0 unspecified atom stereocenters. The van der Waals surface area contributed by atoms with E-state index in [4.69, 9.17) is 15.2 Å². The zero-order valence-corrected chi connectivity index (χ0v) is 10.4. The van der Waals surface area contributed by atoms with Crippen molar-refractivity contribution in [2.45, 2.75) is 18.9 Å². The minimum Gasteiger partial charge on any atom is -0.454 e. The molecule has 1 amide bonds.